The van der Waals surface area contributed by atoms with Gasteiger partial charge in [-0.3, -0.25) is 0 Å². The average molecular weight is 879 g/mol. The van der Waals surface area contributed by atoms with Crippen molar-refractivity contribution in [1.82, 2.24) is 0 Å². The van der Waals surface area contributed by atoms with Crippen molar-refractivity contribution in [2.75, 3.05) is 0 Å². The first kappa shape index (κ1) is 55.2. The summed E-state index contributed by atoms with van der Waals surface area (Å²) in [5.74, 6) is 0.206. The van der Waals surface area contributed by atoms with Crippen molar-refractivity contribution in [1.29, 1.82) is 0 Å². The van der Waals surface area contributed by atoms with Crippen molar-refractivity contribution in [2.24, 2.45) is 47.3 Å². The maximum atomic E-state index is 12.2. The molecule has 2 fully saturated rings. The summed E-state index contributed by atoms with van der Waals surface area (Å²) in [7, 11) is 0. The second-order valence-electron chi connectivity index (χ2n) is 18.9. The van der Waals surface area contributed by atoms with Crippen LogP contribution in [0.15, 0.2) is 120 Å². The lowest BCUT2D eigenvalue weighted by atomic mass is 9.56. The van der Waals surface area contributed by atoms with E-state index in [-0.39, 0.29) is 40.5 Å². The minimum Gasteiger partial charge on any atom is -0.478 e. The van der Waals surface area contributed by atoms with E-state index in [4.69, 9.17) is 19.7 Å². The summed E-state index contributed by atoms with van der Waals surface area (Å²) < 4.78 is 12.5. The number of hydrogen-bond donors (Lipinski definition) is 4. The molecule has 0 unspecified atom stereocenters. The number of carboxylic acid groups (broad SMARTS) is 2. The molecule has 6 rings (SSSR count). The highest BCUT2D eigenvalue weighted by molar-refractivity contribution is 5.80. The Kier molecular flexibility index (Phi) is 19.5. The first-order valence-electron chi connectivity index (χ1n) is 22.3. The highest BCUT2D eigenvalue weighted by atomic mass is 16.6. The predicted octanol–water partition coefficient (Wildman–Crippen LogP) is 7.97. The number of aliphatic carboxylic acids is 2. The molecule has 0 aromatic rings. The molecule has 63 heavy (non-hydrogen) atoms. The van der Waals surface area contributed by atoms with Gasteiger partial charge < -0.3 is 46.3 Å². The van der Waals surface area contributed by atoms with Crippen LogP contribution in [0.4, 0.5) is 0 Å². The van der Waals surface area contributed by atoms with Crippen molar-refractivity contribution in [2.45, 2.75) is 142 Å². The molecular formula is C52H78O11. The highest BCUT2D eigenvalue weighted by Crippen LogP contribution is 2.62. The van der Waals surface area contributed by atoms with Crippen LogP contribution in [0, 0.1) is 47.3 Å². The lowest BCUT2D eigenvalue weighted by Crippen LogP contribution is -2.57. The maximum Gasteiger partial charge on any atom is 0.328 e. The van der Waals surface area contributed by atoms with E-state index in [1.807, 2.05) is 24.3 Å². The number of allylic oxidation sites excluding steroid dienone is 14. The summed E-state index contributed by atoms with van der Waals surface area (Å²) >= 11 is 0. The van der Waals surface area contributed by atoms with Gasteiger partial charge in [0.1, 0.15) is 22.4 Å². The molecule has 4 aliphatic carbocycles. The van der Waals surface area contributed by atoms with Gasteiger partial charge >= 0.3 is 11.9 Å². The molecule has 0 bridgehead atoms. The van der Waals surface area contributed by atoms with E-state index in [1.54, 1.807) is 12.2 Å². The van der Waals surface area contributed by atoms with Crippen LogP contribution in [0.25, 0.3) is 0 Å². The molecule has 11 heteroatoms. The third-order valence-electron chi connectivity index (χ3n) is 15.0. The van der Waals surface area contributed by atoms with Crippen LogP contribution in [0.3, 0.4) is 0 Å². The molecule has 0 spiro atoms. The molecule has 11 nitrogen and oxygen atoms in total. The molecule has 6 aliphatic rings. The van der Waals surface area contributed by atoms with E-state index in [9.17, 15) is 19.8 Å². The Morgan fingerprint density at radius 2 is 0.968 bits per heavy atom. The fourth-order valence-electron chi connectivity index (χ4n) is 11.2. The van der Waals surface area contributed by atoms with Gasteiger partial charge in [0.2, 0.25) is 0 Å². The van der Waals surface area contributed by atoms with Crippen LogP contribution in [-0.2, 0) is 19.1 Å². The SMILES string of the molecule is CC[C@@H](C)[C@H]1O[C@]1(C)[C@]1(O)C(C)=C[C@@H]2CC(C)=CC[C@H]2[C@@H]1/C=C/C=C/C=C/C(=O)O.CC[C@@H](C)[C@H]1O[C@]1(C)[C@]1(O)C(C)=C[C@@H]2CC(C)=CC[C@H]2[C@@H]1/C=C/C=C/C=C/C(=O)O.O.O.O. The minimum absolute atomic E-state index is 0. The number of rotatable bonds is 14. The lowest BCUT2D eigenvalue weighted by molar-refractivity contribution is -0.132. The van der Waals surface area contributed by atoms with E-state index >= 15 is 0 Å². The highest BCUT2D eigenvalue weighted by Gasteiger charge is 2.72. The summed E-state index contributed by atoms with van der Waals surface area (Å²) in [6.45, 7) is 21.3. The van der Waals surface area contributed by atoms with Gasteiger partial charge in [-0.25, -0.2) is 9.59 Å². The smallest absolute Gasteiger partial charge is 0.328 e. The standard InChI is InChI=1S/2C26H36O4.3H2O/c2*1-6-18(3)24-25(5,30-24)26(29)19(4)16-20-15-17(2)13-14-21(20)22(26)11-9-7-8-10-12-23(27)28;;;/h2*7-13,16,18,20-22,24,29H,6,14-15H2,1-5H3,(H,27,28);3*1H2/b2*8-7+,11-9+,12-10+;;;/t2*18-,20+,21-,22+,24-,25+,26+;;;/m11.../s1. The number of epoxide rings is 2. The normalized spacial score (nSPS) is 37.9. The Balaban J connectivity index is 0.000000414. The van der Waals surface area contributed by atoms with E-state index in [0.29, 0.717) is 35.5 Å². The van der Waals surface area contributed by atoms with Crippen LogP contribution in [-0.4, -0.2) is 83.4 Å². The van der Waals surface area contributed by atoms with Gasteiger partial charge in [-0.05, 0) is 114 Å². The monoisotopic (exact) mass is 879 g/mol. The van der Waals surface area contributed by atoms with Crippen molar-refractivity contribution in [3.8, 4) is 0 Å². The Hall–Kier alpha value is -3.94. The van der Waals surface area contributed by atoms with Crippen LogP contribution >= 0.6 is 0 Å². The minimum atomic E-state index is -1.05. The average Bonchev–Trinajstić information content (AvgIpc) is 4.10. The molecule has 10 N–H and O–H groups in total. The van der Waals surface area contributed by atoms with Gasteiger partial charge in [0.05, 0.1) is 12.2 Å². The van der Waals surface area contributed by atoms with Crippen molar-refractivity contribution in [3.05, 3.63) is 120 Å². The van der Waals surface area contributed by atoms with Crippen LogP contribution < -0.4 is 0 Å². The van der Waals surface area contributed by atoms with Crippen LogP contribution in [0.2, 0.25) is 0 Å². The van der Waals surface area contributed by atoms with Crippen LogP contribution in [0.1, 0.15) is 108 Å². The topological polar surface area (TPSA) is 235 Å². The fraction of sp³-hybridized carbons (Fsp3) is 0.577. The third-order valence-corrected chi connectivity index (χ3v) is 15.0. The first-order valence-corrected chi connectivity index (χ1v) is 22.3. The van der Waals surface area contributed by atoms with Gasteiger partial charge in [0.25, 0.3) is 0 Å². The molecule has 0 amide bonds. The zero-order valence-electron chi connectivity index (χ0n) is 39.2. The summed E-state index contributed by atoms with van der Waals surface area (Å²) in [4.78, 5) is 21.2. The van der Waals surface area contributed by atoms with Gasteiger partial charge in [-0.2, -0.15) is 0 Å². The molecule has 0 radical (unpaired) electrons. The molecule has 0 saturated carbocycles. The molecule has 352 valence electrons. The van der Waals surface area contributed by atoms with E-state index < -0.39 is 34.3 Å². The molecule has 2 saturated heterocycles. The number of ether oxygens (including phenoxy) is 2. The van der Waals surface area contributed by atoms with E-state index in [1.165, 1.54) is 23.3 Å². The van der Waals surface area contributed by atoms with Gasteiger partial charge in [-0.15, -0.1) is 0 Å². The lowest BCUT2D eigenvalue weighted by Gasteiger charge is -2.50. The van der Waals surface area contributed by atoms with Gasteiger partial charge in [0.15, 0.2) is 0 Å². The Bertz CT molecular complexity index is 1780. The number of hydrogen-bond acceptors (Lipinski definition) is 6. The zero-order chi connectivity index (χ0) is 44.2. The van der Waals surface area contributed by atoms with Crippen LogP contribution in [0.5, 0.6) is 0 Å². The third kappa shape index (κ3) is 11.1. The Morgan fingerprint density at radius 1 is 0.635 bits per heavy atom. The van der Waals surface area contributed by atoms with Crippen molar-refractivity contribution in [3.63, 3.8) is 0 Å². The predicted molar refractivity (Wildman–Crippen MR) is 251 cm³/mol. The van der Waals surface area contributed by atoms with E-state index in [2.05, 4.69) is 106 Å². The second kappa shape index (κ2) is 22.3. The molecular weight excluding hydrogens is 801 g/mol. The second-order valence-corrected chi connectivity index (χ2v) is 18.9. The molecule has 0 aromatic heterocycles. The number of carbonyl (C=O) groups is 2. The summed E-state index contributed by atoms with van der Waals surface area (Å²) in [5, 5.41) is 41.8. The summed E-state index contributed by atoms with van der Waals surface area (Å²) in [6, 6.07) is 0. The molecule has 2 aliphatic heterocycles. The summed E-state index contributed by atoms with van der Waals surface area (Å²) in [6.07, 6.45) is 35.7. The molecule has 2 heterocycles. The number of fused-ring (bicyclic) bond motifs is 2. The Labute approximate surface area is 376 Å². The van der Waals surface area contributed by atoms with E-state index in [0.717, 1.165) is 61.8 Å². The number of carboxylic acids is 2. The summed E-state index contributed by atoms with van der Waals surface area (Å²) in [5.41, 5.74) is 1.56. The zero-order valence-corrected chi connectivity index (χ0v) is 39.2. The Morgan fingerprint density at radius 3 is 1.29 bits per heavy atom. The van der Waals surface area contributed by atoms with Crippen molar-refractivity contribution < 1.29 is 55.9 Å². The van der Waals surface area contributed by atoms with Gasteiger partial charge in [0, 0.05) is 24.0 Å². The quantitative estimate of drug-likeness (QED) is 0.0577. The molecule has 14 atom stereocenters. The van der Waals surface area contributed by atoms with Gasteiger partial charge in [-0.1, -0.05) is 137 Å². The van der Waals surface area contributed by atoms with Crippen molar-refractivity contribution >= 4 is 11.9 Å². The largest absolute Gasteiger partial charge is 0.478 e. The molecule has 0 aromatic carbocycles. The first-order chi connectivity index (χ1) is 28.3. The maximum absolute atomic E-state index is 12.2. The number of aliphatic hydroxyl groups is 2. The fourth-order valence-corrected chi connectivity index (χ4v) is 11.2.